The van der Waals surface area contributed by atoms with E-state index in [1.165, 1.54) is 11.1 Å². The molecule has 2 N–H and O–H groups in total. The van der Waals surface area contributed by atoms with Crippen LogP contribution in [0.1, 0.15) is 21.5 Å². The predicted molar refractivity (Wildman–Crippen MR) is 109 cm³/mol. The highest BCUT2D eigenvalue weighted by atomic mass is 16.1. The van der Waals surface area contributed by atoms with Gasteiger partial charge in [0.15, 0.2) is 0 Å². The van der Waals surface area contributed by atoms with Crippen molar-refractivity contribution in [3.8, 4) is 5.69 Å². The highest BCUT2D eigenvalue weighted by Crippen LogP contribution is 2.17. The summed E-state index contributed by atoms with van der Waals surface area (Å²) in [5.74, 6) is 0.385. The van der Waals surface area contributed by atoms with Gasteiger partial charge in [-0.1, -0.05) is 12.1 Å². The molecule has 0 bridgehead atoms. The molecule has 1 saturated heterocycles. The number of aromatic nitrogens is 3. The van der Waals surface area contributed by atoms with Crippen molar-refractivity contribution >= 4 is 11.7 Å². The van der Waals surface area contributed by atoms with Gasteiger partial charge in [-0.25, -0.2) is 9.67 Å². The quantitative estimate of drug-likeness (QED) is 0.737. The van der Waals surface area contributed by atoms with E-state index in [1.807, 2.05) is 16.9 Å². The fourth-order valence-corrected chi connectivity index (χ4v) is 3.49. The molecule has 1 aromatic carbocycles. The fourth-order valence-electron chi connectivity index (χ4n) is 3.49. The van der Waals surface area contributed by atoms with Crippen LogP contribution in [0.5, 0.6) is 0 Å². The zero-order chi connectivity index (χ0) is 19.5. The number of carbonyl (C=O) groups excluding carboxylic acids is 1. The molecule has 7 nitrogen and oxygen atoms in total. The van der Waals surface area contributed by atoms with Gasteiger partial charge in [0, 0.05) is 56.2 Å². The minimum atomic E-state index is -0.423. The van der Waals surface area contributed by atoms with Gasteiger partial charge in [-0.05, 0) is 36.8 Å². The molecule has 0 atom stereocenters. The van der Waals surface area contributed by atoms with Crippen LogP contribution in [-0.2, 0) is 6.54 Å². The van der Waals surface area contributed by atoms with E-state index >= 15 is 0 Å². The van der Waals surface area contributed by atoms with Gasteiger partial charge in [0.25, 0.3) is 0 Å². The highest BCUT2D eigenvalue weighted by Gasteiger charge is 2.19. The average Bonchev–Trinajstić information content (AvgIpc) is 3.17. The highest BCUT2D eigenvalue weighted by molar-refractivity contribution is 5.93. The Bertz CT molecular complexity index is 974. The molecular weight excluding hydrogens is 352 g/mol. The summed E-state index contributed by atoms with van der Waals surface area (Å²) in [5.41, 5.74) is 9.37. The Hall–Kier alpha value is -3.19. The summed E-state index contributed by atoms with van der Waals surface area (Å²) in [6.45, 7) is 6.54. The largest absolute Gasteiger partial charge is 0.366 e. The standard InChI is InChI=1S/C21H24N6O/c1-16-3-2-4-19(11-16)27-15-17(13-24-27)14-25-7-9-26(10-8-25)20-12-18(21(22)28)5-6-23-20/h2-6,11-13,15H,7-10,14H2,1H3,(H2,22,28). The predicted octanol–water partition coefficient (Wildman–Crippen LogP) is 2.00. The second-order valence-corrected chi connectivity index (χ2v) is 7.16. The van der Waals surface area contributed by atoms with Crippen molar-refractivity contribution in [2.75, 3.05) is 31.1 Å². The van der Waals surface area contributed by atoms with Crippen LogP contribution in [0.25, 0.3) is 5.69 Å². The molecule has 1 aliphatic rings. The molecule has 3 heterocycles. The monoisotopic (exact) mass is 376 g/mol. The van der Waals surface area contributed by atoms with Crippen LogP contribution in [0.4, 0.5) is 5.82 Å². The van der Waals surface area contributed by atoms with Crippen molar-refractivity contribution < 1.29 is 4.79 Å². The number of rotatable bonds is 5. The second-order valence-electron chi connectivity index (χ2n) is 7.16. The van der Waals surface area contributed by atoms with E-state index in [4.69, 9.17) is 5.73 Å². The van der Waals surface area contributed by atoms with Crippen molar-refractivity contribution in [3.63, 3.8) is 0 Å². The average molecular weight is 376 g/mol. The maximum absolute atomic E-state index is 11.4. The summed E-state index contributed by atoms with van der Waals surface area (Å²) in [7, 11) is 0. The van der Waals surface area contributed by atoms with Gasteiger partial charge in [-0.2, -0.15) is 5.10 Å². The molecule has 0 aliphatic carbocycles. The summed E-state index contributed by atoms with van der Waals surface area (Å²) in [4.78, 5) is 20.4. The first kappa shape index (κ1) is 18.2. The Kier molecular flexibility index (Phi) is 5.08. The molecule has 0 saturated carbocycles. The number of primary amides is 1. The minimum Gasteiger partial charge on any atom is -0.366 e. The van der Waals surface area contributed by atoms with Crippen molar-refractivity contribution in [2.24, 2.45) is 5.73 Å². The van der Waals surface area contributed by atoms with Crippen LogP contribution in [-0.4, -0.2) is 51.8 Å². The maximum Gasteiger partial charge on any atom is 0.248 e. The molecule has 0 radical (unpaired) electrons. The Morgan fingerprint density at radius 3 is 2.71 bits per heavy atom. The molecule has 1 aliphatic heterocycles. The summed E-state index contributed by atoms with van der Waals surface area (Å²) >= 11 is 0. The Morgan fingerprint density at radius 2 is 1.96 bits per heavy atom. The van der Waals surface area contributed by atoms with Gasteiger partial charge in [0.05, 0.1) is 11.9 Å². The van der Waals surface area contributed by atoms with Gasteiger partial charge < -0.3 is 10.6 Å². The molecule has 144 valence electrons. The molecule has 7 heteroatoms. The summed E-state index contributed by atoms with van der Waals surface area (Å²) in [6.07, 6.45) is 5.67. The van der Waals surface area contributed by atoms with E-state index in [0.717, 1.165) is 44.2 Å². The smallest absolute Gasteiger partial charge is 0.248 e. The third-order valence-corrected chi connectivity index (χ3v) is 5.03. The molecule has 0 spiro atoms. The summed E-state index contributed by atoms with van der Waals surface area (Å²) in [5, 5.41) is 4.51. The van der Waals surface area contributed by atoms with Crippen molar-refractivity contribution in [1.29, 1.82) is 0 Å². The number of hydrogen-bond acceptors (Lipinski definition) is 5. The van der Waals surface area contributed by atoms with E-state index in [-0.39, 0.29) is 0 Å². The minimum absolute atomic E-state index is 0.423. The number of pyridine rings is 1. The number of carbonyl (C=O) groups is 1. The fraction of sp³-hybridized carbons (Fsp3) is 0.286. The van der Waals surface area contributed by atoms with Crippen LogP contribution in [0.3, 0.4) is 0 Å². The second kappa shape index (κ2) is 7.82. The molecule has 3 aromatic rings. The van der Waals surface area contributed by atoms with E-state index in [2.05, 4.69) is 51.2 Å². The molecular formula is C21H24N6O. The van der Waals surface area contributed by atoms with Crippen LogP contribution < -0.4 is 10.6 Å². The molecule has 1 amide bonds. The van der Waals surface area contributed by atoms with Gasteiger partial charge in [-0.15, -0.1) is 0 Å². The van der Waals surface area contributed by atoms with Gasteiger partial charge in [-0.3, -0.25) is 9.69 Å². The third-order valence-electron chi connectivity index (χ3n) is 5.03. The van der Waals surface area contributed by atoms with Crippen LogP contribution in [0.15, 0.2) is 55.0 Å². The Labute approximate surface area is 164 Å². The van der Waals surface area contributed by atoms with E-state index in [0.29, 0.717) is 5.56 Å². The summed E-state index contributed by atoms with van der Waals surface area (Å²) in [6, 6.07) is 11.7. The van der Waals surface area contributed by atoms with E-state index in [9.17, 15) is 4.79 Å². The number of anilines is 1. The van der Waals surface area contributed by atoms with Gasteiger partial charge in [0.2, 0.25) is 5.91 Å². The first-order chi connectivity index (χ1) is 13.6. The number of amides is 1. The van der Waals surface area contributed by atoms with E-state index in [1.54, 1.807) is 18.3 Å². The SMILES string of the molecule is Cc1cccc(-n2cc(CN3CCN(c4cc(C(N)=O)ccn4)CC3)cn2)c1. The molecule has 2 aromatic heterocycles. The molecule has 4 rings (SSSR count). The zero-order valence-electron chi connectivity index (χ0n) is 16.0. The Morgan fingerprint density at radius 1 is 1.14 bits per heavy atom. The van der Waals surface area contributed by atoms with Gasteiger partial charge in [0.1, 0.15) is 5.82 Å². The lowest BCUT2D eigenvalue weighted by Crippen LogP contribution is -2.46. The first-order valence-corrected chi connectivity index (χ1v) is 9.42. The van der Waals surface area contributed by atoms with Crippen LogP contribution >= 0.6 is 0 Å². The van der Waals surface area contributed by atoms with E-state index < -0.39 is 5.91 Å². The normalized spacial score (nSPS) is 15.0. The summed E-state index contributed by atoms with van der Waals surface area (Å²) < 4.78 is 1.93. The van der Waals surface area contributed by atoms with Gasteiger partial charge >= 0.3 is 0 Å². The number of nitrogens with zero attached hydrogens (tertiary/aromatic N) is 5. The van der Waals surface area contributed by atoms with Crippen molar-refractivity contribution in [1.82, 2.24) is 19.7 Å². The lowest BCUT2D eigenvalue weighted by atomic mass is 10.2. The lowest BCUT2D eigenvalue weighted by molar-refractivity contribution is 0.1000. The number of hydrogen-bond donors (Lipinski definition) is 1. The van der Waals surface area contributed by atoms with Crippen LogP contribution in [0, 0.1) is 6.92 Å². The molecule has 28 heavy (non-hydrogen) atoms. The van der Waals surface area contributed by atoms with Crippen LogP contribution in [0.2, 0.25) is 0 Å². The zero-order valence-corrected chi connectivity index (χ0v) is 16.0. The van der Waals surface area contributed by atoms with Crippen molar-refractivity contribution in [2.45, 2.75) is 13.5 Å². The van der Waals surface area contributed by atoms with Crippen molar-refractivity contribution in [3.05, 3.63) is 71.7 Å². The lowest BCUT2D eigenvalue weighted by Gasteiger charge is -2.35. The number of piperazine rings is 1. The molecule has 1 fully saturated rings. The maximum atomic E-state index is 11.4. The number of aryl methyl sites for hydroxylation is 1. The number of nitrogens with two attached hydrogens (primary N) is 1. The molecule has 0 unspecified atom stereocenters. The topological polar surface area (TPSA) is 80.3 Å². The third kappa shape index (κ3) is 4.04. The Balaban J connectivity index is 1.36. The number of benzene rings is 1. The first-order valence-electron chi connectivity index (χ1n) is 9.42.